The quantitative estimate of drug-likeness (QED) is 0.502. The van der Waals surface area contributed by atoms with Gasteiger partial charge in [-0.25, -0.2) is 4.98 Å². The Morgan fingerprint density at radius 2 is 1.68 bits per heavy atom. The molecule has 0 aliphatic carbocycles. The number of amides is 1. The Morgan fingerprint density at radius 3 is 2.48 bits per heavy atom. The van der Waals surface area contributed by atoms with Gasteiger partial charge in [0.2, 0.25) is 0 Å². The monoisotopic (exact) mass is 414 g/mol. The molecule has 1 saturated heterocycles. The fourth-order valence-corrected chi connectivity index (χ4v) is 4.19. The summed E-state index contributed by atoms with van der Waals surface area (Å²) in [5, 5.41) is 2.28. The third-order valence-electron chi connectivity index (χ3n) is 6.05. The number of aryl methyl sites for hydroxylation is 1. The predicted octanol–water partition coefficient (Wildman–Crippen LogP) is 3.45. The molecule has 6 heteroatoms. The number of imidazole rings is 1. The van der Waals surface area contributed by atoms with E-state index in [1.54, 1.807) is 0 Å². The lowest BCUT2D eigenvalue weighted by atomic mass is 10.1. The van der Waals surface area contributed by atoms with Crippen LogP contribution in [0.4, 0.5) is 0 Å². The minimum atomic E-state index is 0.0375. The molecule has 1 fully saturated rings. The largest absolute Gasteiger partial charge is 0.484 e. The molecule has 158 valence electrons. The molecule has 0 spiro atoms. The number of carbonyl (C=O) groups excluding carboxylic acids is 1. The van der Waals surface area contributed by atoms with Crippen LogP contribution < -0.4 is 4.74 Å². The molecule has 31 heavy (non-hydrogen) atoms. The molecular weight excluding hydrogens is 388 g/mol. The predicted molar refractivity (Wildman–Crippen MR) is 122 cm³/mol. The first kappa shape index (κ1) is 19.6. The molecule has 0 saturated carbocycles. The van der Waals surface area contributed by atoms with Crippen LogP contribution in [0.1, 0.15) is 5.82 Å². The van der Waals surface area contributed by atoms with Crippen molar-refractivity contribution < 1.29 is 9.53 Å². The third-order valence-corrected chi connectivity index (χ3v) is 6.05. The van der Waals surface area contributed by atoms with E-state index in [0.29, 0.717) is 13.1 Å². The van der Waals surface area contributed by atoms with Gasteiger partial charge in [-0.05, 0) is 35.0 Å². The van der Waals surface area contributed by atoms with Crippen molar-refractivity contribution >= 4 is 27.7 Å². The Morgan fingerprint density at radius 1 is 0.935 bits per heavy atom. The van der Waals surface area contributed by atoms with Gasteiger partial charge in [0.05, 0.1) is 17.6 Å². The Kier molecular flexibility index (Phi) is 5.30. The molecule has 0 unspecified atom stereocenters. The molecule has 6 nitrogen and oxygen atoms in total. The summed E-state index contributed by atoms with van der Waals surface area (Å²) in [4.78, 5) is 21.7. The van der Waals surface area contributed by atoms with Gasteiger partial charge in [-0.2, -0.15) is 0 Å². The number of aromatic nitrogens is 2. The molecule has 1 aliphatic heterocycles. The highest BCUT2D eigenvalue weighted by atomic mass is 16.5. The molecule has 0 N–H and O–H groups in total. The van der Waals surface area contributed by atoms with Crippen LogP contribution in [-0.4, -0.2) is 58.0 Å². The van der Waals surface area contributed by atoms with Crippen molar-refractivity contribution in [2.45, 2.75) is 6.54 Å². The lowest BCUT2D eigenvalue weighted by Gasteiger charge is -2.34. The minimum absolute atomic E-state index is 0.0375. The van der Waals surface area contributed by atoms with Crippen LogP contribution in [0.3, 0.4) is 0 Å². The topological polar surface area (TPSA) is 50.6 Å². The van der Waals surface area contributed by atoms with Crippen molar-refractivity contribution in [3.8, 4) is 5.75 Å². The molecule has 5 rings (SSSR count). The number of ether oxygens (including phenoxy) is 1. The zero-order valence-electron chi connectivity index (χ0n) is 17.7. The second-order valence-corrected chi connectivity index (χ2v) is 8.03. The maximum Gasteiger partial charge on any atom is 0.260 e. The van der Waals surface area contributed by atoms with Crippen LogP contribution in [-0.2, 0) is 18.4 Å². The third kappa shape index (κ3) is 4.11. The summed E-state index contributed by atoms with van der Waals surface area (Å²) in [6, 6.07) is 22.3. The number of para-hydroxylation sites is 2. The van der Waals surface area contributed by atoms with Crippen molar-refractivity contribution in [3.63, 3.8) is 0 Å². The van der Waals surface area contributed by atoms with Gasteiger partial charge in [-0.15, -0.1) is 0 Å². The summed E-state index contributed by atoms with van der Waals surface area (Å²) in [5.41, 5.74) is 2.18. The second kappa shape index (κ2) is 8.40. The van der Waals surface area contributed by atoms with Gasteiger partial charge in [0.15, 0.2) is 6.61 Å². The SMILES string of the molecule is Cn1c(CN2CCN(C(=O)COc3ccc4ccccc4c3)CC2)nc2ccccc21. The second-order valence-electron chi connectivity index (χ2n) is 8.03. The standard InChI is InChI=1S/C25H26N4O2/c1-27-23-9-5-4-8-22(23)26-24(27)17-28-12-14-29(15-13-28)25(30)18-31-21-11-10-19-6-2-3-7-20(19)16-21/h2-11,16H,12-15,17-18H2,1H3. The average Bonchev–Trinajstić information content (AvgIpc) is 3.13. The maximum atomic E-state index is 12.6. The van der Waals surface area contributed by atoms with Gasteiger partial charge in [0.1, 0.15) is 11.6 Å². The Balaban J connectivity index is 1.14. The van der Waals surface area contributed by atoms with Crippen molar-refractivity contribution in [3.05, 3.63) is 72.6 Å². The van der Waals surface area contributed by atoms with Gasteiger partial charge in [-0.3, -0.25) is 9.69 Å². The molecule has 4 aromatic rings. The highest BCUT2D eigenvalue weighted by Crippen LogP contribution is 2.21. The Bertz CT molecular complexity index is 1220. The molecule has 1 amide bonds. The average molecular weight is 415 g/mol. The lowest BCUT2D eigenvalue weighted by Crippen LogP contribution is -2.49. The number of piperazine rings is 1. The fraction of sp³-hybridized carbons (Fsp3) is 0.280. The van der Waals surface area contributed by atoms with Gasteiger partial charge in [-0.1, -0.05) is 42.5 Å². The van der Waals surface area contributed by atoms with Gasteiger partial charge in [0, 0.05) is 33.2 Å². The molecular formula is C25H26N4O2. The van der Waals surface area contributed by atoms with Crippen LogP contribution >= 0.6 is 0 Å². The Labute approximate surface area is 181 Å². The van der Waals surface area contributed by atoms with Crippen molar-refractivity contribution in [2.75, 3.05) is 32.8 Å². The highest BCUT2D eigenvalue weighted by molar-refractivity contribution is 5.84. The zero-order valence-corrected chi connectivity index (χ0v) is 17.7. The first-order valence-corrected chi connectivity index (χ1v) is 10.7. The normalized spacial score (nSPS) is 14.9. The molecule has 0 atom stereocenters. The van der Waals surface area contributed by atoms with E-state index in [0.717, 1.165) is 53.0 Å². The summed E-state index contributed by atoms with van der Waals surface area (Å²) in [5.74, 6) is 1.82. The molecule has 1 aromatic heterocycles. The number of hydrogen-bond acceptors (Lipinski definition) is 4. The number of benzene rings is 3. The van der Waals surface area contributed by atoms with E-state index in [2.05, 4.69) is 28.6 Å². The summed E-state index contributed by atoms with van der Waals surface area (Å²) < 4.78 is 7.94. The maximum absolute atomic E-state index is 12.6. The van der Waals surface area contributed by atoms with E-state index < -0.39 is 0 Å². The van der Waals surface area contributed by atoms with Crippen LogP contribution in [0.5, 0.6) is 5.75 Å². The van der Waals surface area contributed by atoms with E-state index >= 15 is 0 Å². The summed E-state index contributed by atoms with van der Waals surface area (Å²) in [7, 11) is 2.06. The Hall–Kier alpha value is -3.38. The van der Waals surface area contributed by atoms with E-state index in [1.165, 1.54) is 0 Å². The summed E-state index contributed by atoms with van der Waals surface area (Å²) in [6.45, 7) is 3.97. The molecule has 2 heterocycles. The van der Waals surface area contributed by atoms with Crippen molar-refractivity contribution in [1.29, 1.82) is 0 Å². The number of hydrogen-bond donors (Lipinski definition) is 0. The van der Waals surface area contributed by atoms with Gasteiger partial charge in [0.25, 0.3) is 5.91 Å². The minimum Gasteiger partial charge on any atom is -0.484 e. The smallest absolute Gasteiger partial charge is 0.260 e. The van der Waals surface area contributed by atoms with Gasteiger partial charge >= 0.3 is 0 Å². The number of carbonyl (C=O) groups is 1. The van der Waals surface area contributed by atoms with Crippen LogP contribution in [0.25, 0.3) is 21.8 Å². The first-order valence-electron chi connectivity index (χ1n) is 10.7. The molecule has 1 aliphatic rings. The van der Waals surface area contributed by atoms with Gasteiger partial charge < -0.3 is 14.2 Å². The van der Waals surface area contributed by atoms with Crippen molar-refractivity contribution in [1.82, 2.24) is 19.4 Å². The number of nitrogens with zero attached hydrogens (tertiary/aromatic N) is 4. The van der Waals surface area contributed by atoms with E-state index in [9.17, 15) is 4.79 Å². The van der Waals surface area contributed by atoms with Crippen LogP contribution in [0.15, 0.2) is 66.7 Å². The summed E-state index contributed by atoms with van der Waals surface area (Å²) in [6.07, 6.45) is 0. The number of fused-ring (bicyclic) bond motifs is 2. The highest BCUT2D eigenvalue weighted by Gasteiger charge is 2.22. The van der Waals surface area contributed by atoms with E-state index in [-0.39, 0.29) is 12.5 Å². The zero-order chi connectivity index (χ0) is 21.2. The fourth-order valence-electron chi connectivity index (χ4n) is 4.19. The van der Waals surface area contributed by atoms with Crippen molar-refractivity contribution in [2.24, 2.45) is 7.05 Å². The molecule has 3 aromatic carbocycles. The van der Waals surface area contributed by atoms with E-state index in [1.807, 2.05) is 59.5 Å². The lowest BCUT2D eigenvalue weighted by molar-refractivity contribution is -0.135. The van der Waals surface area contributed by atoms with E-state index in [4.69, 9.17) is 9.72 Å². The summed E-state index contributed by atoms with van der Waals surface area (Å²) >= 11 is 0. The first-order chi connectivity index (χ1) is 15.2. The molecule has 0 radical (unpaired) electrons. The number of rotatable bonds is 5. The molecule has 0 bridgehead atoms. The van der Waals surface area contributed by atoms with Crippen LogP contribution in [0, 0.1) is 0 Å². The van der Waals surface area contributed by atoms with Crippen LogP contribution in [0.2, 0.25) is 0 Å².